The highest BCUT2D eigenvalue weighted by atomic mass is 35.5. The van der Waals surface area contributed by atoms with E-state index in [9.17, 15) is 0 Å². The summed E-state index contributed by atoms with van der Waals surface area (Å²) < 4.78 is 0. The van der Waals surface area contributed by atoms with E-state index in [-0.39, 0.29) is 0 Å². The lowest BCUT2D eigenvalue weighted by molar-refractivity contribution is 0.377. The maximum atomic E-state index is 5.76. The second kappa shape index (κ2) is 5.46. The van der Waals surface area contributed by atoms with Crippen LogP contribution in [0.4, 0.5) is 5.95 Å². The van der Waals surface area contributed by atoms with Gasteiger partial charge in [0.1, 0.15) is 0 Å². The molecule has 1 aromatic rings. The van der Waals surface area contributed by atoms with E-state index in [0.717, 1.165) is 31.5 Å². The average molecular weight is 241 g/mol. The Morgan fingerprint density at radius 3 is 2.62 bits per heavy atom. The molecule has 1 N–H and O–H groups in total. The molecule has 0 amide bonds. The molecule has 1 saturated heterocycles. The van der Waals surface area contributed by atoms with Crippen LogP contribution >= 0.6 is 11.6 Å². The van der Waals surface area contributed by atoms with E-state index in [1.165, 1.54) is 12.8 Å². The quantitative estimate of drug-likeness (QED) is 0.871. The number of hydrogen-bond donors (Lipinski definition) is 1. The van der Waals surface area contributed by atoms with Crippen molar-refractivity contribution in [3.63, 3.8) is 0 Å². The third-order valence-corrected chi connectivity index (χ3v) is 3.13. The second-order valence-electron chi connectivity index (χ2n) is 4.28. The first-order valence-corrected chi connectivity index (χ1v) is 6.03. The molecule has 1 aliphatic rings. The van der Waals surface area contributed by atoms with Gasteiger partial charge in [-0.1, -0.05) is 11.6 Å². The Kier molecular flexibility index (Phi) is 3.96. The minimum atomic E-state index is 0.582. The molecule has 0 atom stereocenters. The van der Waals surface area contributed by atoms with Gasteiger partial charge in [-0.05, 0) is 31.8 Å². The molecule has 1 aliphatic heterocycles. The number of piperidine rings is 1. The van der Waals surface area contributed by atoms with Crippen molar-refractivity contribution in [2.24, 2.45) is 5.92 Å². The zero-order valence-corrected chi connectivity index (χ0v) is 10.2. The highest BCUT2D eigenvalue weighted by molar-refractivity contribution is 6.30. The fraction of sp³-hybridized carbons (Fsp3) is 0.636. The van der Waals surface area contributed by atoms with Crippen LogP contribution in [0.15, 0.2) is 12.4 Å². The van der Waals surface area contributed by atoms with Gasteiger partial charge >= 0.3 is 0 Å². The summed E-state index contributed by atoms with van der Waals surface area (Å²) in [5.41, 5.74) is 0. The molecule has 0 aromatic carbocycles. The first-order chi connectivity index (χ1) is 7.75. The lowest BCUT2D eigenvalue weighted by Crippen LogP contribution is -2.35. The third kappa shape index (κ3) is 3.06. The summed E-state index contributed by atoms with van der Waals surface area (Å²) in [5, 5.41) is 3.95. The number of halogens is 1. The van der Waals surface area contributed by atoms with Crippen molar-refractivity contribution in [2.45, 2.75) is 12.8 Å². The number of nitrogens with zero attached hydrogens (tertiary/aromatic N) is 3. The van der Waals surface area contributed by atoms with Crippen molar-refractivity contribution >= 4 is 17.5 Å². The monoisotopic (exact) mass is 240 g/mol. The lowest BCUT2D eigenvalue weighted by Gasteiger charge is -2.27. The van der Waals surface area contributed by atoms with Crippen molar-refractivity contribution in [1.82, 2.24) is 15.3 Å². The van der Waals surface area contributed by atoms with Crippen LogP contribution in [0.3, 0.4) is 0 Å². The van der Waals surface area contributed by atoms with Crippen LogP contribution < -0.4 is 10.2 Å². The summed E-state index contributed by atoms with van der Waals surface area (Å²) in [6.45, 7) is 3.27. The maximum absolute atomic E-state index is 5.76. The molecular formula is C11H17ClN4. The Bertz CT molecular complexity index is 321. The van der Waals surface area contributed by atoms with E-state index in [1.807, 2.05) is 7.05 Å². The highest BCUT2D eigenvalue weighted by Crippen LogP contribution is 2.16. The van der Waals surface area contributed by atoms with Gasteiger partial charge in [0.05, 0.1) is 17.4 Å². The zero-order valence-electron chi connectivity index (χ0n) is 9.49. The van der Waals surface area contributed by atoms with Gasteiger partial charge in [-0.3, -0.25) is 0 Å². The van der Waals surface area contributed by atoms with Gasteiger partial charge in [0, 0.05) is 13.6 Å². The Morgan fingerprint density at radius 2 is 2.00 bits per heavy atom. The van der Waals surface area contributed by atoms with Gasteiger partial charge in [-0.25, -0.2) is 9.97 Å². The minimum absolute atomic E-state index is 0.582. The Hall–Kier alpha value is -0.870. The summed E-state index contributed by atoms with van der Waals surface area (Å²) in [6.07, 6.45) is 5.75. The first-order valence-electron chi connectivity index (χ1n) is 5.65. The minimum Gasteiger partial charge on any atom is -0.344 e. The second-order valence-corrected chi connectivity index (χ2v) is 4.71. The van der Waals surface area contributed by atoms with Crippen molar-refractivity contribution in [1.29, 1.82) is 0 Å². The van der Waals surface area contributed by atoms with E-state index in [4.69, 9.17) is 11.6 Å². The van der Waals surface area contributed by atoms with Gasteiger partial charge in [0.2, 0.25) is 5.95 Å². The molecule has 0 radical (unpaired) electrons. The molecule has 0 spiro atoms. The van der Waals surface area contributed by atoms with Crippen LogP contribution in [0.1, 0.15) is 12.8 Å². The number of aromatic nitrogens is 2. The molecule has 0 aliphatic carbocycles. The number of nitrogens with one attached hydrogen (secondary N) is 1. The SMILES string of the molecule is CN(CC1CCNCC1)c1ncc(Cl)cn1. The molecular weight excluding hydrogens is 224 g/mol. The van der Waals surface area contributed by atoms with Gasteiger partial charge in [-0.2, -0.15) is 0 Å². The van der Waals surface area contributed by atoms with Gasteiger partial charge in [0.15, 0.2) is 0 Å². The predicted octanol–water partition coefficient (Wildman–Crippen LogP) is 1.57. The number of rotatable bonds is 3. The Labute approximate surface area is 101 Å². The standard InChI is InChI=1S/C11H17ClN4/c1-16(8-9-2-4-13-5-3-9)11-14-6-10(12)7-15-11/h6-7,9,13H,2-5,8H2,1H3. The zero-order chi connectivity index (χ0) is 11.4. The fourth-order valence-electron chi connectivity index (χ4n) is 2.04. The van der Waals surface area contributed by atoms with Crippen molar-refractivity contribution < 1.29 is 0 Å². The van der Waals surface area contributed by atoms with Gasteiger partial charge in [-0.15, -0.1) is 0 Å². The molecule has 2 rings (SSSR count). The van der Waals surface area contributed by atoms with Crippen molar-refractivity contribution in [2.75, 3.05) is 31.6 Å². The fourth-order valence-corrected chi connectivity index (χ4v) is 2.13. The van der Waals surface area contributed by atoms with E-state index in [0.29, 0.717) is 5.02 Å². The normalized spacial score (nSPS) is 17.4. The van der Waals surface area contributed by atoms with Crippen LogP contribution in [0.5, 0.6) is 0 Å². The highest BCUT2D eigenvalue weighted by Gasteiger charge is 2.16. The lowest BCUT2D eigenvalue weighted by atomic mass is 9.98. The molecule has 88 valence electrons. The van der Waals surface area contributed by atoms with Crippen LogP contribution in [-0.2, 0) is 0 Å². The van der Waals surface area contributed by atoms with Gasteiger partial charge in [0.25, 0.3) is 0 Å². The largest absolute Gasteiger partial charge is 0.344 e. The topological polar surface area (TPSA) is 41.0 Å². The summed E-state index contributed by atoms with van der Waals surface area (Å²) in [6, 6.07) is 0. The van der Waals surface area contributed by atoms with Crippen LogP contribution in [-0.4, -0.2) is 36.6 Å². The summed E-state index contributed by atoms with van der Waals surface area (Å²) in [4.78, 5) is 10.5. The average Bonchev–Trinajstić information content (AvgIpc) is 2.31. The summed E-state index contributed by atoms with van der Waals surface area (Å²) in [7, 11) is 2.03. The number of anilines is 1. The molecule has 16 heavy (non-hydrogen) atoms. The molecule has 4 nitrogen and oxygen atoms in total. The molecule has 1 aromatic heterocycles. The molecule has 0 bridgehead atoms. The smallest absolute Gasteiger partial charge is 0.225 e. The predicted molar refractivity (Wildman–Crippen MR) is 65.9 cm³/mol. The molecule has 0 unspecified atom stereocenters. The Morgan fingerprint density at radius 1 is 1.38 bits per heavy atom. The van der Waals surface area contributed by atoms with Crippen LogP contribution in [0.25, 0.3) is 0 Å². The first kappa shape index (κ1) is 11.6. The van der Waals surface area contributed by atoms with Crippen LogP contribution in [0.2, 0.25) is 5.02 Å². The van der Waals surface area contributed by atoms with E-state index < -0.39 is 0 Å². The Balaban J connectivity index is 1.91. The number of hydrogen-bond acceptors (Lipinski definition) is 4. The molecule has 2 heterocycles. The molecule has 1 fully saturated rings. The van der Waals surface area contributed by atoms with E-state index in [2.05, 4.69) is 20.2 Å². The molecule has 5 heteroatoms. The van der Waals surface area contributed by atoms with Crippen molar-refractivity contribution in [3.05, 3.63) is 17.4 Å². The summed E-state index contributed by atoms with van der Waals surface area (Å²) >= 11 is 5.76. The summed E-state index contributed by atoms with van der Waals surface area (Å²) in [5.74, 6) is 1.49. The van der Waals surface area contributed by atoms with Crippen molar-refractivity contribution in [3.8, 4) is 0 Å². The van der Waals surface area contributed by atoms with E-state index in [1.54, 1.807) is 12.4 Å². The van der Waals surface area contributed by atoms with E-state index >= 15 is 0 Å². The van der Waals surface area contributed by atoms with Gasteiger partial charge < -0.3 is 10.2 Å². The third-order valence-electron chi connectivity index (χ3n) is 2.94. The van der Waals surface area contributed by atoms with Crippen LogP contribution in [0, 0.1) is 5.92 Å². The molecule has 0 saturated carbocycles. The maximum Gasteiger partial charge on any atom is 0.225 e.